The number of hydrogen-bond acceptors (Lipinski definition) is 5. The van der Waals surface area contributed by atoms with E-state index < -0.39 is 12.1 Å². The Bertz CT molecular complexity index is 1270. The number of aliphatic carboxylic acids is 1. The SMILES string of the molecule is COc1cc(C=CC(=O)O)cc(C=CCNC(=O)OCC2c3ccccc3-c3ccccc32)c1O. The normalized spacial score (nSPS) is 12.5. The molecular weight excluding hydrogens is 446 g/mol. The predicted octanol–water partition coefficient (Wildman–Crippen LogP) is 5.05. The highest BCUT2D eigenvalue weighted by Crippen LogP contribution is 2.44. The van der Waals surface area contributed by atoms with Crippen LogP contribution in [0.5, 0.6) is 11.5 Å². The molecular formula is C28H25NO6. The van der Waals surface area contributed by atoms with E-state index in [-0.39, 0.29) is 30.6 Å². The van der Waals surface area contributed by atoms with Crippen LogP contribution >= 0.6 is 0 Å². The Morgan fingerprint density at radius 2 is 1.66 bits per heavy atom. The lowest BCUT2D eigenvalue weighted by Crippen LogP contribution is -2.26. The lowest BCUT2D eigenvalue weighted by molar-refractivity contribution is -0.131. The average molecular weight is 472 g/mol. The second-order valence-electron chi connectivity index (χ2n) is 7.94. The first kappa shape index (κ1) is 23.6. The van der Waals surface area contributed by atoms with Crippen LogP contribution in [0.1, 0.15) is 28.2 Å². The first-order chi connectivity index (χ1) is 17.0. The molecule has 0 aliphatic heterocycles. The number of carboxylic acid groups (broad SMARTS) is 1. The zero-order chi connectivity index (χ0) is 24.8. The summed E-state index contributed by atoms with van der Waals surface area (Å²) < 4.78 is 10.7. The van der Waals surface area contributed by atoms with Crippen molar-refractivity contribution in [3.05, 3.63) is 95.1 Å². The summed E-state index contributed by atoms with van der Waals surface area (Å²) in [5.41, 5.74) is 5.58. The lowest BCUT2D eigenvalue weighted by atomic mass is 9.98. The topological polar surface area (TPSA) is 105 Å². The zero-order valence-corrected chi connectivity index (χ0v) is 19.1. The van der Waals surface area contributed by atoms with E-state index in [1.807, 2.05) is 24.3 Å². The molecule has 0 spiro atoms. The quantitative estimate of drug-likeness (QED) is 0.397. The minimum atomic E-state index is -1.08. The van der Waals surface area contributed by atoms with E-state index in [4.69, 9.17) is 14.6 Å². The Hall–Kier alpha value is -4.52. The number of phenols is 1. The number of alkyl carbamates (subject to hydrolysis) is 1. The van der Waals surface area contributed by atoms with E-state index in [0.717, 1.165) is 28.3 Å². The standard InChI is InChI=1S/C28H25NO6/c1-34-25-16-18(12-13-26(30)31)15-19(27(25)32)7-6-14-29-28(33)35-17-24-22-10-4-2-8-20(22)21-9-3-5-11-23(21)24/h2-13,15-16,24,32H,14,17H2,1H3,(H,29,33)(H,30,31). The van der Waals surface area contributed by atoms with E-state index in [1.54, 1.807) is 18.2 Å². The molecule has 0 fully saturated rings. The van der Waals surface area contributed by atoms with Gasteiger partial charge in [-0.1, -0.05) is 60.7 Å². The van der Waals surface area contributed by atoms with Gasteiger partial charge in [0.05, 0.1) is 7.11 Å². The van der Waals surface area contributed by atoms with Crippen molar-refractivity contribution in [3.8, 4) is 22.6 Å². The summed E-state index contributed by atoms with van der Waals surface area (Å²) in [4.78, 5) is 23.1. The molecule has 0 bridgehead atoms. The van der Waals surface area contributed by atoms with Crippen LogP contribution in [0.25, 0.3) is 23.3 Å². The number of methoxy groups -OCH3 is 1. The number of carboxylic acids is 1. The molecule has 1 aliphatic carbocycles. The van der Waals surface area contributed by atoms with Gasteiger partial charge in [-0.3, -0.25) is 0 Å². The van der Waals surface area contributed by atoms with Gasteiger partial charge in [-0.25, -0.2) is 9.59 Å². The maximum absolute atomic E-state index is 12.3. The highest BCUT2D eigenvalue weighted by molar-refractivity contribution is 5.86. The molecule has 7 nitrogen and oxygen atoms in total. The molecule has 3 N–H and O–H groups in total. The van der Waals surface area contributed by atoms with Gasteiger partial charge in [-0.05, 0) is 46.0 Å². The van der Waals surface area contributed by atoms with Gasteiger partial charge in [0.1, 0.15) is 6.61 Å². The smallest absolute Gasteiger partial charge is 0.407 e. The van der Waals surface area contributed by atoms with Crippen molar-refractivity contribution < 1.29 is 29.3 Å². The number of carbonyl (C=O) groups excluding carboxylic acids is 1. The van der Waals surface area contributed by atoms with Crippen molar-refractivity contribution in [2.45, 2.75) is 5.92 Å². The molecule has 1 aliphatic rings. The average Bonchev–Trinajstić information content (AvgIpc) is 3.19. The van der Waals surface area contributed by atoms with Gasteiger partial charge in [0.15, 0.2) is 11.5 Å². The fourth-order valence-corrected chi connectivity index (χ4v) is 4.18. The first-order valence-corrected chi connectivity index (χ1v) is 11.1. The van der Waals surface area contributed by atoms with Crippen molar-refractivity contribution in [1.29, 1.82) is 0 Å². The first-order valence-electron chi connectivity index (χ1n) is 11.1. The fourth-order valence-electron chi connectivity index (χ4n) is 4.18. The minimum absolute atomic E-state index is 0.0188. The number of amides is 1. The molecule has 3 aromatic carbocycles. The number of nitrogens with one attached hydrogen (secondary N) is 1. The van der Waals surface area contributed by atoms with Crippen molar-refractivity contribution in [2.24, 2.45) is 0 Å². The van der Waals surface area contributed by atoms with Crippen molar-refractivity contribution >= 4 is 24.2 Å². The van der Waals surface area contributed by atoms with Crippen LogP contribution in [0.3, 0.4) is 0 Å². The molecule has 0 heterocycles. The third kappa shape index (κ3) is 5.35. The van der Waals surface area contributed by atoms with Crippen LogP contribution in [0.15, 0.2) is 72.8 Å². The molecule has 4 rings (SSSR count). The molecule has 7 heteroatoms. The Balaban J connectivity index is 1.36. The predicted molar refractivity (Wildman–Crippen MR) is 133 cm³/mol. The third-order valence-corrected chi connectivity index (χ3v) is 5.77. The molecule has 0 saturated carbocycles. The van der Waals surface area contributed by atoms with Gasteiger partial charge in [0.2, 0.25) is 0 Å². The number of aromatic hydroxyl groups is 1. The van der Waals surface area contributed by atoms with Crippen LogP contribution in [0.2, 0.25) is 0 Å². The van der Waals surface area contributed by atoms with Gasteiger partial charge < -0.3 is 25.0 Å². The van der Waals surface area contributed by atoms with Gasteiger partial charge in [0.25, 0.3) is 0 Å². The number of rotatable bonds is 8. The Morgan fingerprint density at radius 1 is 1.00 bits per heavy atom. The maximum atomic E-state index is 12.3. The van der Waals surface area contributed by atoms with Crippen LogP contribution < -0.4 is 10.1 Å². The number of ether oxygens (including phenoxy) is 2. The lowest BCUT2D eigenvalue weighted by Gasteiger charge is -2.14. The third-order valence-electron chi connectivity index (χ3n) is 5.77. The molecule has 3 aromatic rings. The summed E-state index contributed by atoms with van der Waals surface area (Å²) in [6, 6.07) is 19.4. The zero-order valence-electron chi connectivity index (χ0n) is 19.1. The van der Waals surface area contributed by atoms with Crippen LogP contribution in [0.4, 0.5) is 4.79 Å². The summed E-state index contributed by atoms with van der Waals surface area (Å²) in [5, 5.41) is 21.8. The van der Waals surface area contributed by atoms with Gasteiger partial charge in [-0.15, -0.1) is 0 Å². The second kappa shape index (κ2) is 10.6. The van der Waals surface area contributed by atoms with E-state index in [9.17, 15) is 14.7 Å². The van der Waals surface area contributed by atoms with Gasteiger partial charge in [0, 0.05) is 24.1 Å². The highest BCUT2D eigenvalue weighted by atomic mass is 16.5. The molecule has 0 unspecified atom stereocenters. The van der Waals surface area contributed by atoms with Gasteiger partial charge >= 0.3 is 12.1 Å². The minimum Gasteiger partial charge on any atom is -0.504 e. The number of phenolic OH excluding ortho intramolecular Hbond substituents is 1. The largest absolute Gasteiger partial charge is 0.504 e. The Morgan fingerprint density at radius 3 is 2.29 bits per heavy atom. The fraction of sp³-hybridized carbons (Fsp3) is 0.143. The molecule has 0 radical (unpaired) electrons. The highest BCUT2D eigenvalue weighted by Gasteiger charge is 2.28. The van der Waals surface area contributed by atoms with E-state index >= 15 is 0 Å². The Kier molecular flexibility index (Phi) is 7.16. The molecule has 0 aromatic heterocycles. The Labute approximate surface area is 202 Å². The number of carbonyl (C=O) groups is 2. The van der Waals surface area contributed by atoms with Crippen molar-refractivity contribution in [3.63, 3.8) is 0 Å². The van der Waals surface area contributed by atoms with Gasteiger partial charge in [-0.2, -0.15) is 0 Å². The maximum Gasteiger partial charge on any atom is 0.407 e. The number of hydrogen-bond donors (Lipinski definition) is 3. The van der Waals surface area contributed by atoms with Crippen molar-refractivity contribution in [1.82, 2.24) is 5.32 Å². The second-order valence-corrected chi connectivity index (χ2v) is 7.94. The van der Waals surface area contributed by atoms with Crippen molar-refractivity contribution in [2.75, 3.05) is 20.3 Å². The van der Waals surface area contributed by atoms with E-state index in [1.165, 1.54) is 19.3 Å². The summed E-state index contributed by atoms with van der Waals surface area (Å²) in [6.45, 7) is 0.396. The number of fused-ring (bicyclic) bond motifs is 3. The molecule has 0 atom stereocenters. The van der Waals surface area contributed by atoms with Crippen LogP contribution in [-0.4, -0.2) is 42.5 Å². The summed E-state index contributed by atoms with van der Waals surface area (Å²) in [5.74, 6) is -0.977. The van der Waals surface area contributed by atoms with Crippen LogP contribution in [-0.2, 0) is 9.53 Å². The van der Waals surface area contributed by atoms with E-state index in [0.29, 0.717) is 11.1 Å². The van der Waals surface area contributed by atoms with Crippen LogP contribution in [0, 0.1) is 0 Å². The summed E-state index contributed by atoms with van der Waals surface area (Å²) in [6.07, 6.45) is 5.12. The monoisotopic (exact) mass is 471 g/mol. The summed E-state index contributed by atoms with van der Waals surface area (Å²) in [7, 11) is 1.41. The number of benzene rings is 3. The van der Waals surface area contributed by atoms with E-state index in [2.05, 4.69) is 29.6 Å². The molecule has 0 saturated heterocycles. The molecule has 35 heavy (non-hydrogen) atoms. The molecule has 1 amide bonds. The summed E-state index contributed by atoms with van der Waals surface area (Å²) >= 11 is 0. The molecule has 178 valence electrons.